The molecule has 0 fully saturated rings. The van der Waals surface area contributed by atoms with Gasteiger partial charge in [0, 0.05) is 14.1 Å². The molecule has 0 aromatic heterocycles. The van der Waals surface area contributed by atoms with Crippen molar-refractivity contribution in [2.24, 2.45) is 5.73 Å². The number of rotatable bonds is 5. The number of carbonyl (C=O) groups is 1. The quantitative estimate of drug-likeness (QED) is 0.662. The predicted octanol–water partition coefficient (Wildman–Crippen LogP) is 0.0711. The van der Waals surface area contributed by atoms with Crippen LogP contribution in [-0.4, -0.2) is 53.9 Å². The number of hydrogen-bond acceptors (Lipinski definition) is 3. The molecule has 1 atom stereocenters. The number of nitrogens with zero attached hydrogens (tertiary/aromatic N) is 2. The predicted molar refractivity (Wildman–Crippen MR) is 62.2 cm³/mol. The summed E-state index contributed by atoms with van der Waals surface area (Å²) < 4.78 is 0. The van der Waals surface area contributed by atoms with Crippen LogP contribution >= 0.6 is 12.2 Å². The minimum atomic E-state index is -0.0288. The van der Waals surface area contributed by atoms with E-state index >= 15 is 0 Å². The van der Waals surface area contributed by atoms with Gasteiger partial charge in [0.2, 0.25) is 5.91 Å². The third kappa shape index (κ3) is 4.02. The number of thiocarbonyl (C=S) groups is 1. The molecule has 0 heterocycles. The van der Waals surface area contributed by atoms with E-state index in [1.54, 1.807) is 19.0 Å². The Labute approximate surface area is 91.0 Å². The molecular formula is C9H19N3OS. The van der Waals surface area contributed by atoms with Gasteiger partial charge in [0.25, 0.3) is 0 Å². The highest BCUT2D eigenvalue weighted by Crippen LogP contribution is 1.99. The summed E-state index contributed by atoms with van der Waals surface area (Å²) in [6.45, 7) is 5.02. The molecule has 0 rings (SSSR count). The van der Waals surface area contributed by atoms with Crippen LogP contribution < -0.4 is 5.73 Å². The largest absolute Gasteiger partial charge is 0.392 e. The van der Waals surface area contributed by atoms with Gasteiger partial charge >= 0.3 is 0 Å². The topological polar surface area (TPSA) is 49.6 Å². The molecule has 0 bridgehead atoms. The molecule has 0 aliphatic carbocycles. The smallest absolute Gasteiger partial charge is 0.236 e. The average Bonchev–Trinajstić information content (AvgIpc) is 2.12. The second-order valence-corrected chi connectivity index (χ2v) is 3.90. The standard InChI is InChI=1S/C9H19N3OS/c1-5-12(7(2)9(10)14)6-8(13)11(3)4/h7H,5-6H2,1-4H3,(H2,10,14). The van der Waals surface area contributed by atoms with Crippen LogP contribution in [0, 0.1) is 0 Å². The van der Waals surface area contributed by atoms with E-state index in [-0.39, 0.29) is 11.9 Å². The van der Waals surface area contributed by atoms with Crippen LogP contribution in [0.3, 0.4) is 0 Å². The molecule has 0 aliphatic rings. The highest BCUT2D eigenvalue weighted by Gasteiger charge is 2.18. The SMILES string of the molecule is CCN(CC(=O)N(C)C)C(C)C(N)=S. The van der Waals surface area contributed by atoms with Gasteiger partial charge in [-0.1, -0.05) is 19.1 Å². The van der Waals surface area contributed by atoms with Crippen LogP contribution in [0.15, 0.2) is 0 Å². The van der Waals surface area contributed by atoms with Gasteiger partial charge < -0.3 is 10.6 Å². The summed E-state index contributed by atoms with van der Waals surface area (Å²) in [5.74, 6) is 0.0648. The Morgan fingerprint density at radius 3 is 2.29 bits per heavy atom. The maximum Gasteiger partial charge on any atom is 0.236 e. The number of carbonyl (C=O) groups excluding carboxylic acids is 1. The van der Waals surface area contributed by atoms with Crippen LogP contribution in [0.2, 0.25) is 0 Å². The molecule has 82 valence electrons. The molecule has 0 aromatic carbocycles. The second-order valence-electron chi connectivity index (χ2n) is 3.43. The van der Waals surface area contributed by atoms with Crippen molar-refractivity contribution in [3.05, 3.63) is 0 Å². The summed E-state index contributed by atoms with van der Waals surface area (Å²) >= 11 is 4.89. The molecule has 0 aliphatic heterocycles. The molecule has 0 saturated heterocycles. The minimum absolute atomic E-state index is 0.0288. The maximum atomic E-state index is 11.4. The van der Waals surface area contributed by atoms with E-state index in [4.69, 9.17) is 18.0 Å². The second kappa shape index (κ2) is 5.93. The van der Waals surface area contributed by atoms with E-state index in [9.17, 15) is 4.79 Å². The Morgan fingerprint density at radius 2 is 2.00 bits per heavy atom. The average molecular weight is 217 g/mol. The van der Waals surface area contributed by atoms with Gasteiger partial charge in [0.05, 0.1) is 17.6 Å². The Kier molecular flexibility index (Phi) is 5.64. The van der Waals surface area contributed by atoms with Crippen LogP contribution in [0.25, 0.3) is 0 Å². The van der Waals surface area contributed by atoms with Gasteiger partial charge in [0.15, 0.2) is 0 Å². The number of likely N-dealkylation sites (N-methyl/N-ethyl adjacent to an activating group) is 2. The first-order valence-electron chi connectivity index (χ1n) is 4.63. The monoisotopic (exact) mass is 217 g/mol. The summed E-state index contributed by atoms with van der Waals surface area (Å²) in [7, 11) is 3.48. The molecule has 1 unspecified atom stereocenters. The third-order valence-corrected chi connectivity index (χ3v) is 2.54. The lowest BCUT2D eigenvalue weighted by Gasteiger charge is -2.27. The highest BCUT2D eigenvalue weighted by molar-refractivity contribution is 7.80. The van der Waals surface area contributed by atoms with Crippen molar-refractivity contribution in [1.82, 2.24) is 9.80 Å². The molecule has 5 heteroatoms. The van der Waals surface area contributed by atoms with Crippen molar-refractivity contribution in [3.8, 4) is 0 Å². The van der Waals surface area contributed by atoms with E-state index in [0.717, 1.165) is 6.54 Å². The van der Waals surface area contributed by atoms with Crippen molar-refractivity contribution in [1.29, 1.82) is 0 Å². The van der Waals surface area contributed by atoms with Crippen LogP contribution in [-0.2, 0) is 4.79 Å². The molecular weight excluding hydrogens is 198 g/mol. The van der Waals surface area contributed by atoms with Gasteiger partial charge in [-0.25, -0.2) is 0 Å². The van der Waals surface area contributed by atoms with E-state index in [2.05, 4.69) is 0 Å². The van der Waals surface area contributed by atoms with Gasteiger partial charge in [-0.2, -0.15) is 0 Å². The Balaban J connectivity index is 4.29. The van der Waals surface area contributed by atoms with E-state index in [1.807, 2.05) is 18.7 Å². The zero-order chi connectivity index (χ0) is 11.3. The van der Waals surface area contributed by atoms with Crippen molar-refractivity contribution in [2.75, 3.05) is 27.2 Å². The molecule has 0 spiro atoms. The third-order valence-electron chi connectivity index (χ3n) is 2.20. The van der Waals surface area contributed by atoms with Crippen molar-refractivity contribution >= 4 is 23.1 Å². The lowest BCUT2D eigenvalue weighted by atomic mass is 10.2. The Hall–Kier alpha value is -0.680. The van der Waals surface area contributed by atoms with Gasteiger partial charge in [-0.05, 0) is 13.5 Å². The van der Waals surface area contributed by atoms with Gasteiger partial charge in [-0.15, -0.1) is 0 Å². The van der Waals surface area contributed by atoms with Gasteiger partial charge in [0.1, 0.15) is 0 Å². The van der Waals surface area contributed by atoms with E-state index in [0.29, 0.717) is 11.5 Å². The molecule has 0 aromatic rings. The summed E-state index contributed by atoms with van der Waals surface area (Å²) in [5.41, 5.74) is 5.53. The Bertz CT molecular complexity index is 218. The first-order valence-corrected chi connectivity index (χ1v) is 5.04. The fourth-order valence-corrected chi connectivity index (χ4v) is 1.17. The molecule has 2 N–H and O–H groups in total. The maximum absolute atomic E-state index is 11.4. The first-order chi connectivity index (χ1) is 6.40. The van der Waals surface area contributed by atoms with Crippen molar-refractivity contribution in [3.63, 3.8) is 0 Å². The molecule has 0 saturated carbocycles. The number of amides is 1. The van der Waals surface area contributed by atoms with Gasteiger partial charge in [-0.3, -0.25) is 9.69 Å². The molecule has 4 nitrogen and oxygen atoms in total. The Morgan fingerprint density at radius 1 is 1.50 bits per heavy atom. The molecule has 0 radical (unpaired) electrons. The first kappa shape index (κ1) is 13.3. The summed E-state index contributed by atoms with van der Waals surface area (Å²) in [6, 6.07) is -0.0288. The fraction of sp³-hybridized carbons (Fsp3) is 0.778. The fourth-order valence-electron chi connectivity index (χ4n) is 1.02. The van der Waals surface area contributed by atoms with E-state index < -0.39 is 0 Å². The van der Waals surface area contributed by atoms with Crippen molar-refractivity contribution in [2.45, 2.75) is 19.9 Å². The lowest BCUT2D eigenvalue weighted by molar-refractivity contribution is -0.130. The normalized spacial score (nSPS) is 12.6. The summed E-state index contributed by atoms with van der Waals surface area (Å²) in [4.78, 5) is 15.4. The lowest BCUT2D eigenvalue weighted by Crippen LogP contribution is -2.46. The number of nitrogens with two attached hydrogens (primary N) is 1. The molecule has 1 amide bonds. The van der Waals surface area contributed by atoms with Crippen molar-refractivity contribution < 1.29 is 4.79 Å². The summed E-state index contributed by atoms with van der Waals surface area (Å²) in [6.07, 6.45) is 0. The van der Waals surface area contributed by atoms with E-state index in [1.165, 1.54) is 0 Å². The van der Waals surface area contributed by atoms with Crippen LogP contribution in [0.1, 0.15) is 13.8 Å². The zero-order valence-corrected chi connectivity index (χ0v) is 10.1. The minimum Gasteiger partial charge on any atom is -0.392 e. The summed E-state index contributed by atoms with van der Waals surface area (Å²) in [5, 5.41) is 0. The van der Waals surface area contributed by atoms with Crippen LogP contribution in [0.4, 0.5) is 0 Å². The molecule has 14 heavy (non-hydrogen) atoms. The number of hydrogen-bond donors (Lipinski definition) is 1. The zero-order valence-electron chi connectivity index (χ0n) is 9.28. The van der Waals surface area contributed by atoms with Crippen LogP contribution in [0.5, 0.6) is 0 Å². The highest BCUT2D eigenvalue weighted by atomic mass is 32.1.